The van der Waals surface area contributed by atoms with Gasteiger partial charge in [-0.05, 0) is 39.8 Å². The summed E-state index contributed by atoms with van der Waals surface area (Å²) < 4.78 is 21.4. The Labute approximate surface area is 187 Å². The van der Waals surface area contributed by atoms with Gasteiger partial charge in [0.25, 0.3) is 0 Å². The molecule has 0 spiro atoms. The molecule has 0 radical (unpaired) electrons. The van der Waals surface area contributed by atoms with Gasteiger partial charge >= 0.3 is 18.0 Å². The van der Waals surface area contributed by atoms with Crippen LogP contribution in [0.4, 0.5) is 4.79 Å². The zero-order valence-electron chi connectivity index (χ0n) is 19.4. The number of para-hydroxylation sites is 1. The van der Waals surface area contributed by atoms with E-state index in [9.17, 15) is 9.59 Å². The molecular weight excluding hydrogens is 414 g/mol. The molecule has 9 nitrogen and oxygen atoms in total. The van der Waals surface area contributed by atoms with Crippen molar-refractivity contribution in [3.63, 3.8) is 0 Å². The molecule has 0 saturated carbocycles. The van der Waals surface area contributed by atoms with E-state index in [2.05, 4.69) is 9.97 Å². The molecule has 2 heterocycles. The molecule has 3 rings (SSSR count). The van der Waals surface area contributed by atoms with Crippen LogP contribution >= 0.6 is 0 Å². The molecule has 0 N–H and O–H groups in total. The third-order valence-electron chi connectivity index (χ3n) is 5.36. The average molecular weight is 445 g/mol. The highest BCUT2D eigenvalue weighted by molar-refractivity contribution is 5.97. The highest BCUT2D eigenvalue weighted by atomic mass is 16.6. The molecule has 0 aliphatic carbocycles. The third-order valence-corrected chi connectivity index (χ3v) is 5.36. The van der Waals surface area contributed by atoms with Gasteiger partial charge in [-0.2, -0.15) is 19.2 Å². The number of carbonyl (C=O) groups excluding carboxylic acids is 2. The van der Waals surface area contributed by atoms with E-state index in [1.165, 1.54) is 20.3 Å². The van der Waals surface area contributed by atoms with Gasteiger partial charge in [0.1, 0.15) is 23.0 Å². The summed E-state index contributed by atoms with van der Waals surface area (Å²) in [5.74, 6) is 0.352. The molecule has 1 aromatic carbocycles. The van der Waals surface area contributed by atoms with Gasteiger partial charge in [0.05, 0.1) is 26.8 Å². The molecule has 32 heavy (non-hydrogen) atoms. The number of methoxy groups -OCH3 is 2. The van der Waals surface area contributed by atoms with Crippen LogP contribution in [0.5, 0.6) is 23.5 Å². The predicted molar refractivity (Wildman–Crippen MR) is 116 cm³/mol. The van der Waals surface area contributed by atoms with Crippen molar-refractivity contribution < 1.29 is 33.0 Å². The molecule has 2 atom stereocenters. The topological polar surface area (TPSA) is 96.8 Å². The van der Waals surface area contributed by atoms with E-state index in [1.54, 1.807) is 45.0 Å². The number of carbonyl (C=O) groups is 2. The van der Waals surface area contributed by atoms with Crippen LogP contribution in [0.25, 0.3) is 0 Å². The van der Waals surface area contributed by atoms with E-state index in [4.69, 9.17) is 18.9 Å². The van der Waals surface area contributed by atoms with Crippen molar-refractivity contribution in [2.24, 2.45) is 0 Å². The minimum absolute atomic E-state index is 0.0419. The summed E-state index contributed by atoms with van der Waals surface area (Å²) in [6, 6.07) is 7.96. The fourth-order valence-corrected chi connectivity index (χ4v) is 3.76. The molecule has 1 aromatic heterocycles. The Hall–Kier alpha value is -3.20. The number of amides is 2. The molecule has 9 heteroatoms. The van der Waals surface area contributed by atoms with Crippen molar-refractivity contribution in [3.8, 4) is 23.5 Å². The number of rotatable bonds is 5. The Morgan fingerprint density at radius 3 is 2.22 bits per heavy atom. The lowest BCUT2D eigenvalue weighted by atomic mass is 10.1. The lowest BCUT2D eigenvalue weighted by molar-refractivity contribution is -0.787. The molecule has 0 bridgehead atoms. The minimum atomic E-state index is -0.716. The maximum absolute atomic E-state index is 13.9. The fourth-order valence-electron chi connectivity index (χ4n) is 3.76. The summed E-state index contributed by atoms with van der Waals surface area (Å²) in [4.78, 5) is 35.5. The van der Waals surface area contributed by atoms with Crippen LogP contribution in [0.2, 0.25) is 0 Å². The second-order valence-electron chi connectivity index (χ2n) is 8.70. The predicted octanol–water partition coefficient (Wildman–Crippen LogP) is 4.36. The zero-order chi connectivity index (χ0) is 23.5. The number of aromatic nitrogens is 2. The summed E-state index contributed by atoms with van der Waals surface area (Å²) in [7, 11) is 2.93. The van der Waals surface area contributed by atoms with Gasteiger partial charge in [-0.1, -0.05) is 12.1 Å². The molecule has 2 amide bonds. The van der Waals surface area contributed by atoms with Crippen molar-refractivity contribution in [1.82, 2.24) is 9.97 Å². The van der Waals surface area contributed by atoms with Crippen LogP contribution in [-0.4, -0.2) is 58.9 Å². The standard InChI is InChI=1S/C23H30N3O6/c1-15-10-9-13-26(15,22(28)32-23(2,3)4)20(27)16-11-7-8-12-17(16)31-21-24-18(29-5)14-19(25-21)30-6/h7-8,11-12,14-15H,9-10,13H2,1-6H3/q+1/t15-,26?/m1/s1. The van der Waals surface area contributed by atoms with Gasteiger partial charge in [-0.25, -0.2) is 4.79 Å². The summed E-state index contributed by atoms with van der Waals surface area (Å²) in [6.45, 7) is 7.63. The average Bonchev–Trinajstić information content (AvgIpc) is 3.14. The van der Waals surface area contributed by atoms with Crippen LogP contribution in [0.15, 0.2) is 30.3 Å². The number of benzene rings is 1. The molecule has 1 aliphatic heterocycles. The van der Waals surface area contributed by atoms with Gasteiger partial charge < -0.3 is 18.9 Å². The second-order valence-corrected chi connectivity index (χ2v) is 8.70. The molecule has 1 saturated heterocycles. The number of hydrogen-bond donors (Lipinski definition) is 0. The van der Waals surface area contributed by atoms with Crippen LogP contribution in [0, 0.1) is 0 Å². The number of ether oxygens (including phenoxy) is 4. The molecule has 1 fully saturated rings. The van der Waals surface area contributed by atoms with Crippen molar-refractivity contribution in [1.29, 1.82) is 0 Å². The van der Waals surface area contributed by atoms with E-state index >= 15 is 0 Å². The third kappa shape index (κ3) is 4.67. The SMILES string of the molecule is COc1cc(OC)nc(Oc2ccccc2C(=O)[N+]2(C(=O)OC(C)(C)C)CCC[C@H]2C)n1. The van der Waals surface area contributed by atoms with Gasteiger partial charge in [0, 0.05) is 12.8 Å². The summed E-state index contributed by atoms with van der Waals surface area (Å²) in [6.07, 6.45) is 0.928. The zero-order valence-corrected chi connectivity index (χ0v) is 19.4. The number of imide groups is 1. The number of likely N-dealkylation sites (tertiary alicyclic amines) is 1. The Kier molecular flexibility index (Phi) is 6.68. The van der Waals surface area contributed by atoms with Crippen molar-refractivity contribution in [2.45, 2.75) is 52.2 Å². The highest BCUT2D eigenvalue weighted by Crippen LogP contribution is 2.36. The normalized spacial score (nSPS) is 20.5. The first-order valence-corrected chi connectivity index (χ1v) is 10.5. The largest absolute Gasteiger partial charge is 0.524 e. The van der Waals surface area contributed by atoms with E-state index < -0.39 is 16.2 Å². The number of hydrogen-bond acceptors (Lipinski definition) is 8. The van der Waals surface area contributed by atoms with E-state index in [0.717, 1.165) is 12.8 Å². The van der Waals surface area contributed by atoms with Gasteiger partial charge in [-0.15, -0.1) is 0 Å². The highest BCUT2D eigenvalue weighted by Gasteiger charge is 2.55. The maximum Gasteiger partial charge on any atom is 0.524 e. The quantitative estimate of drug-likeness (QED) is 0.628. The number of nitrogens with zero attached hydrogens (tertiary/aromatic N) is 3. The minimum Gasteiger partial charge on any atom is -0.481 e. The Balaban J connectivity index is 2.01. The van der Waals surface area contributed by atoms with E-state index in [-0.39, 0.29) is 41.0 Å². The van der Waals surface area contributed by atoms with Crippen molar-refractivity contribution in [3.05, 3.63) is 35.9 Å². The van der Waals surface area contributed by atoms with Gasteiger partial charge in [0.15, 0.2) is 0 Å². The van der Waals surface area contributed by atoms with E-state index in [1.807, 2.05) is 6.92 Å². The Morgan fingerprint density at radius 2 is 1.69 bits per heavy atom. The molecule has 172 valence electrons. The summed E-state index contributed by atoms with van der Waals surface area (Å²) >= 11 is 0. The first-order valence-electron chi connectivity index (χ1n) is 10.5. The smallest absolute Gasteiger partial charge is 0.481 e. The van der Waals surface area contributed by atoms with Crippen molar-refractivity contribution >= 4 is 12.0 Å². The lowest BCUT2D eigenvalue weighted by Crippen LogP contribution is -2.60. The van der Waals surface area contributed by atoms with Gasteiger partial charge in [0.2, 0.25) is 11.8 Å². The molecule has 2 aromatic rings. The van der Waals surface area contributed by atoms with Crippen molar-refractivity contribution in [2.75, 3.05) is 20.8 Å². The van der Waals surface area contributed by atoms with Crippen LogP contribution in [0.1, 0.15) is 50.9 Å². The van der Waals surface area contributed by atoms with Gasteiger partial charge in [-0.3, -0.25) is 0 Å². The first kappa shape index (κ1) is 23.5. The van der Waals surface area contributed by atoms with Crippen LogP contribution in [-0.2, 0) is 4.74 Å². The lowest BCUT2D eigenvalue weighted by Gasteiger charge is -2.34. The van der Waals surface area contributed by atoms with Crippen LogP contribution < -0.4 is 14.2 Å². The molecule has 1 aliphatic rings. The maximum atomic E-state index is 13.9. The van der Waals surface area contributed by atoms with Crippen LogP contribution in [0.3, 0.4) is 0 Å². The summed E-state index contributed by atoms with van der Waals surface area (Å²) in [5, 5.41) is 0. The summed E-state index contributed by atoms with van der Waals surface area (Å²) in [5.41, 5.74) is -0.469. The second kappa shape index (κ2) is 9.12. The Morgan fingerprint density at radius 1 is 1.06 bits per heavy atom. The monoisotopic (exact) mass is 444 g/mol. The number of quaternary nitrogens is 1. The molecular formula is C23H30N3O6+. The molecule has 1 unspecified atom stereocenters. The van der Waals surface area contributed by atoms with E-state index in [0.29, 0.717) is 6.54 Å². The fraction of sp³-hybridized carbons (Fsp3) is 0.478. The first-order chi connectivity index (χ1) is 15.1. The Bertz CT molecular complexity index is 981.